The van der Waals surface area contributed by atoms with Crippen LogP contribution >= 0.6 is 11.3 Å². The molecule has 2 rings (SSSR count). The third-order valence-electron chi connectivity index (χ3n) is 4.16. The van der Waals surface area contributed by atoms with Crippen molar-refractivity contribution in [2.24, 2.45) is 5.41 Å². The Morgan fingerprint density at radius 1 is 1.46 bits per heavy atom. The summed E-state index contributed by atoms with van der Waals surface area (Å²) in [7, 11) is 1.31. The highest BCUT2D eigenvalue weighted by Gasteiger charge is 2.31. The molecule has 2 amide bonds. The first-order chi connectivity index (χ1) is 11.3. The van der Waals surface area contributed by atoms with E-state index >= 15 is 0 Å². The van der Waals surface area contributed by atoms with Crippen LogP contribution in [0.25, 0.3) is 0 Å². The largest absolute Gasteiger partial charge is 0.469 e. The van der Waals surface area contributed by atoms with E-state index in [9.17, 15) is 14.4 Å². The van der Waals surface area contributed by atoms with E-state index in [1.807, 2.05) is 6.92 Å². The minimum Gasteiger partial charge on any atom is -0.469 e. The molecule has 0 saturated carbocycles. The fraction of sp³-hybridized carbons (Fsp3) is 0.625. The average molecular weight is 353 g/mol. The molecule has 1 aliphatic rings. The van der Waals surface area contributed by atoms with Gasteiger partial charge in [0.15, 0.2) is 5.01 Å². The lowest BCUT2D eigenvalue weighted by atomic mass is 9.94. The van der Waals surface area contributed by atoms with E-state index in [0.717, 1.165) is 30.7 Å². The zero-order valence-corrected chi connectivity index (χ0v) is 15.2. The van der Waals surface area contributed by atoms with E-state index in [4.69, 9.17) is 4.74 Å². The van der Waals surface area contributed by atoms with Crippen LogP contribution in [-0.4, -0.2) is 53.9 Å². The molecular weight excluding hydrogens is 330 g/mol. The van der Waals surface area contributed by atoms with Crippen molar-refractivity contribution in [3.8, 4) is 0 Å². The number of hydrogen-bond donors (Lipinski definition) is 1. The summed E-state index contributed by atoms with van der Waals surface area (Å²) in [6.45, 7) is 6.24. The van der Waals surface area contributed by atoms with Crippen molar-refractivity contribution < 1.29 is 19.1 Å². The molecule has 0 radical (unpaired) electrons. The number of nitrogens with zero attached hydrogens (tertiary/aromatic N) is 2. The minimum atomic E-state index is -0.828. The second-order valence-electron chi connectivity index (χ2n) is 6.59. The topological polar surface area (TPSA) is 88.6 Å². The number of methoxy groups -OCH3 is 1. The number of carbonyl (C=O) groups excluding carboxylic acids is 3. The monoisotopic (exact) mass is 353 g/mol. The van der Waals surface area contributed by atoms with Gasteiger partial charge in [-0.1, -0.05) is 0 Å². The van der Waals surface area contributed by atoms with E-state index in [0.29, 0.717) is 5.69 Å². The van der Waals surface area contributed by atoms with Crippen molar-refractivity contribution in [2.45, 2.75) is 39.7 Å². The van der Waals surface area contributed by atoms with Crippen molar-refractivity contribution in [3.63, 3.8) is 0 Å². The second-order valence-corrected chi connectivity index (χ2v) is 7.44. The second kappa shape index (κ2) is 7.29. The highest BCUT2D eigenvalue weighted by Crippen LogP contribution is 2.21. The maximum atomic E-state index is 12.4. The molecule has 1 saturated heterocycles. The third kappa shape index (κ3) is 3.92. The summed E-state index contributed by atoms with van der Waals surface area (Å²) in [5.74, 6) is -0.934. The molecule has 2 heterocycles. The smallest absolute Gasteiger partial charge is 0.313 e. The van der Waals surface area contributed by atoms with Gasteiger partial charge in [0, 0.05) is 24.5 Å². The van der Waals surface area contributed by atoms with Crippen LogP contribution in [-0.2, 0) is 9.53 Å². The minimum absolute atomic E-state index is 0.129. The molecule has 7 nitrogen and oxygen atoms in total. The first-order valence-corrected chi connectivity index (χ1v) is 8.77. The maximum Gasteiger partial charge on any atom is 0.313 e. The summed E-state index contributed by atoms with van der Waals surface area (Å²) in [5, 5.41) is 4.49. The summed E-state index contributed by atoms with van der Waals surface area (Å²) in [5.41, 5.74) is -0.531. The Bertz CT molecular complexity index is 641. The summed E-state index contributed by atoms with van der Waals surface area (Å²) < 4.78 is 4.70. The molecule has 1 atom stereocenters. The fourth-order valence-corrected chi connectivity index (χ4v) is 3.29. The molecule has 1 N–H and O–H groups in total. The van der Waals surface area contributed by atoms with E-state index < -0.39 is 17.3 Å². The number of esters is 1. The van der Waals surface area contributed by atoms with Crippen LogP contribution in [0.2, 0.25) is 0 Å². The van der Waals surface area contributed by atoms with Crippen LogP contribution in [0.1, 0.15) is 53.9 Å². The van der Waals surface area contributed by atoms with Gasteiger partial charge in [-0.2, -0.15) is 0 Å². The Morgan fingerprint density at radius 2 is 2.17 bits per heavy atom. The van der Waals surface area contributed by atoms with Crippen LogP contribution in [0.15, 0.2) is 5.38 Å². The van der Waals surface area contributed by atoms with Gasteiger partial charge in [0.1, 0.15) is 5.69 Å². The predicted octanol–water partition coefficient (Wildman–Crippen LogP) is 1.70. The SMILES string of the molecule is COC(=O)C(C)(C)CNC(=O)c1nc(C(=O)N2CCCC2C)cs1. The lowest BCUT2D eigenvalue weighted by molar-refractivity contribution is -0.150. The average Bonchev–Trinajstić information content (AvgIpc) is 3.20. The standard InChI is InChI=1S/C16H23N3O4S/c1-10-6-5-7-19(10)14(21)11-8-24-13(18-11)12(20)17-9-16(2,3)15(22)23-4/h8,10H,5-7,9H2,1-4H3,(H,17,20). The Morgan fingerprint density at radius 3 is 2.75 bits per heavy atom. The molecule has 0 aliphatic carbocycles. The van der Waals surface area contributed by atoms with Crippen molar-refractivity contribution in [1.82, 2.24) is 15.2 Å². The highest BCUT2D eigenvalue weighted by atomic mass is 32.1. The first-order valence-electron chi connectivity index (χ1n) is 7.89. The summed E-state index contributed by atoms with van der Waals surface area (Å²) >= 11 is 1.12. The van der Waals surface area contributed by atoms with Crippen LogP contribution in [0.4, 0.5) is 0 Å². The number of likely N-dealkylation sites (tertiary alicyclic amines) is 1. The number of ether oxygens (including phenoxy) is 1. The maximum absolute atomic E-state index is 12.4. The van der Waals surface area contributed by atoms with Gasteiger partial charge in [-0.15, -0.1) is 11.3 Å². The molecule has 1 fully saturated rings. The zero-order chi connectivity index (χ0) is 17.9. The Labute approximate surface area is 145 Å². The number of nitrogens with one attached hydrogen (secondary N) is 1. The molecule has 24 heavy (non-hydrogen) atoms. The molecule has 1 unspecified atom stereocenters. The molecule has 0 spiro atoms. The number of aromatic nitrogens is 1. The summed E-state index contributed by atoms with van der Waals surface area (Å²) in [6, 6.07) is 0.206. The first kappa shape index (κ1) is 18.4. The number of amides is 2. The molecule has 132 valence electrons. The molecule has 0 bridgehead atoms. The van der Waals surface area contributed by atoms with Gasteiger partial charge in [-0.3, -0.25) is 14.4 Å². The van der Waals surface area contributed by atoms with E-state index in [2.05, 4.69) is 10.3 Å². The van der Waals surface area contributed by atoms with E-state index in [-0.39, 0.29) is 23.5 Å². The van der Waals surface area contributed by atoms with Crippen LogP contribution < -0.4 is 5.32 Å². The highest BCUT2D eigenvalue weighted by molar-refractivity contribution is 7.11. The molecular formula is C16H23N3O4S. The van der Waals surface area contributed by atoms with Gasteiger partial charge in [0.05, 0.1) is 12.5 Å². The normalized spacial score (nSPS) is 17.7. The van der Waals surface area contributed by atoms with Gasteiger partial charge >= 0.3 is 5.97 Å². The van der Waals surface area contributed by atoms with Crippen LogP contribution in [0.5, 0.6) is 0 Å². The van der Waals surface area contributed by atoms with Gasteiger partial charge in [0.2, 0.25) is 0 Å². The van der Waals surface area contributed by atoms with Crippen molar-refractivity contribution in [2.75, 3.05) is 20.2 Å². The van der Waals surface area contributed by atoms with Gasteiger partial charge in [-0.25, -0.2) is 4.98 Å². The lowest BCUT2D eigenvalue weighted by Gasteiger charge is -2.21. The fourth-order valence-electron chi connectivity index (χ4n) is 2.58. The zero-order valence-electron chi connectivity index (χ0n) is 14.4. The van der Waals surface area contributed by atoms with Crippen molar-refractivity contribution in [1.29, 1.82) is 0 Å². The van der Waals surface area contributed by atoms with Crippen molar-refractivity contribution in [3.05, 3.63) is 16.1 Å². The number of carbonyl (C=O) groups is 3. The number of thiazole rings is 1. The summed E-state index contributed by atoms with van der Waals surface area (Å²) in [4.78, 5) is 42.2. The van der Waals surface area contributed by atoms with Crippen LogP contribution in [0, 0.1) is 5.41 Å². The molecule has 8 heteroatoms. The Kier molecular flexibility index (Phi) is 5.58. The lowest BCUT2D eigenvalue weighted by Crippen LogP contribution is -2.39. The van der Waals surface area contributed by atoms with Gasteiger partial charge in [0.25, 0.3) is 11.8 Å². The van der Waals surface area contributed by atoms with E-state index in [1.54, 1.807) is 24.1 Å². The quantitative estimate of drug-likeness (QED) is 0.814. The number of rotatable bonds is 5. The van der Waals surface area contributed by atoms with Crippen LogP contribution in [0.3, 0.4) is 0 Å². The Balaban J connectivity index is 1.98. The molecule has 1 aromatic rings. The van der Waals surface area contributed by atoms with Gasteiger partial charge < -0.3 is 15.0 Å². The van der Waals surface area contributed by atoms with E-state index in [1.165, 1.54) is 7.11 Å². The molecule has 1 aromatic heterocycles. The molecule has 1 aliphatic heterocycles. The van der Waals surface area contributed by atoms with Gasteiger partial charge in [-0.05, 0) is 33.6 Å². The Hall–Kier alpha value is -1.96. The summed E-state index contributed by atoms with van der Waals surface area (Å²) in [6.07, 6.45) is 1.98. The van der Waals surface area contributed by atoms with Crippen molar-refractivity contribution >= 4 is 29.1 Å². The number of hydrogen-bond acceptors (Lipinski definition) is 6. The predicted molar refractivity (Wildman–Crippen MR) is 90.0 cm³/mol. The molecule has 0 aromatic carbocycles. The third-order valence-corrected chi connectivity index (χ3v) is 5.00.